The highest BCUT2D eigenvalue weighted by atomic mass is 16.6. The van der Waals surface area contributed by atoms with Crippen molar-refractivity contribution in [3.8, 4) is 11.5 Å². The number of carbonyl (C=O) groups is 2. The Labute approximate surface area is 167 Å². The van der Waals surface area contributed by atoms with Crippen LogP contribution in [0.1, 0.15) is 35.3 Å². The first-order valence-electron chi connectivity index (χ1n) is 8.82. The summed E-state index contributed by atoms with van der Waals surface area (Å²) in [5.74, 6) is -0.121. The molecule has 1 N–H and O–H groups in total. The highest BCUT2D eigenvalue weighted by Crippen LogP contribution is 2.31. The maximum Gasteiger partial charge on any atom is 0.308 e. The van der Waals surface area contributed by atoms with Crippen LogP contribution < -0.4 is 14.8 Å². The van der Waals surface area contributed by atoms with E-state index in [1.54, 1.807) is 25.1 Å². The molecule has 0 saturated carbocycles. The number of benzene rings is 2. The number of methoxy groups -OCH3 is 2. The van der Waals surface area contributed by atoms with Gasteiger partial charge in [-0.1, -0.05) is 12.1 Å². The number of nitrogens with one attached hydrogen (secondary N) is 1. The fourth-order valence-corrected chi connectivity index (χ4v) is 2.71. The van der Waals surface area contributed by atoms with E-state index >= 15 is 0 Å². The van der Waals surface area contributed by atoms with Crippen LogP contribution in [0.25, 0.3) is 0 Å². The molecule has 0 fully saturated rings. The number of ether oxygens (including phenoxy) is 3. The summed E-state index contributed by atoms with van der Waals surface area (Å²) >= 11 is 0. The van der Waals surface area contributed by atoms with E-state index in [1.807, 2.05) is 0 Å². The summed E-state index contributed by atoms with van der Waals surface area (Å²) in [6.45, 7) is 1.89. The van der Waals surface area contributed by atoms with Crippen LogP contribution in [0.15, 0.2) is 42.5 Å². The van der Waals surface area contributed by atoms with Gasteiger partial charge in [-0.25, -0.2) is 0 Å². The van der Waals surface area contributed by atoms with Gasteiger partial charge in [-0.15, -0.1) is 0 Å². The molecule has 0 heterocycles. The van der Waals surface area contributed by atoms with Crippen molar-refractivity contribution < 1.29 is 28.7 Å². The molecule has 0 aromatic heterocycles. The zero-order valence-corrected chi connectivity index (χ0v) is 16.3. The first-order chi connectivity index (χ1) is 13.9. The molecule has 9 heteroatoms. The average Bonchev–Trinajstić information content (AvgIpc) is 2.72. The van der Waals surface area contributed by atoms with E-state index < -0.39 is 22.8 Å². The fourth-order valence-electron chi connectivity index (χ4n) is 2.71. The Morgan fingerprint density at radius 1 is 1.10 bits per heavy atom. The minimum absolute atomic E-state index is 0.105. The molecule has 154 valence electrons. The molecule has 1 atom stereocenters. The Morgan fingerprint density at radius 2 is 1.83 bits per heavy atom. The van der Waals surface area contributed by atoms with Gasteiger partial charge in [-0.3, -0.25) is 19.7 Å². The summed E-state index contributed by atoms with van der Waals surface area (Å²) in [6, 6.07) is 9.61. The van der Waals surface area contributed by atoms with Gasteiger partial charge in [0.05, 0.1) is 38.2 Å². The number of hydrogen-bond donors (Lipinski definition) is 1. The van der Waals surface area contributed by atoms with Crippen molar-refractivity contribution in [2.24, 2.45) is 0 Å². The number of esters is 1. The summed E-state index contributed by atoms with van der Waals surface area (Å²) in [5, 5.41) is 13.7. The van der Waals surface area contributed by atoms with Gasteiger partial charge < -0.3 is 19.5 Å². The Morgan fingerprint density at radius 3 is 2.45 bits per heavy atom. The highest BCUT2D eigenvalue weighted by molar-refractivity contribution is 5.95. The standard InChI is InChI=1S/C20H22N2O7/c1-4-29-19(23)12-16(13-8-9-17(27-2)18(11-13)28-3)21-20(24)14-6-5-7-15(10-14)22(25)26/h5-11,16H,4,12H2,1-3H3,(H,21,24). The monoisotopic (exact) mass is 402 g/mol. The predicted molar refractivity (Wildman–Crippen MR) is 104 cm³/mol. The lowest BCUT2D eigenvalue weighted by molar-refractivity contribution is -0.384. The molecule has 0 radical (unpaired) electrons. The van der Waals surface area contributed by atoms with Gasteiger partial charge >= 0.3 is 5.97 Å². The summed E-state index contributed by atoms with van der Waals surface area (Å²) < 4.78 is 15.5. The van der Waals surface area contributed by atoms with Crippen molar-refractivity contribution in [2.45, 2.75) is 19.4 Å². The lowest BCUT2D eigenvalue weighted by atomic mass is 10.0. The Kier molecular flexibility index (Phi) is 7.53. The van der Waals surface area contributed by atoms with Crippen molar-refractivity contribution in [3.05, 3.63) is 63.7 Å². The largest absolute Gasteiger partial charge is 0.493 e. The summed E-state index contributed by atoms with van der Waals surface area (Å²) in [7, 11) is 2.97. The van der Waals surface area contributed by atoms with Gasteiger partial charge in [0.2, 0.25) is 0 Å². The number of nitro groups is 1. The predicted octanol–water partition coefficient (Wildman–Crippen LogP) is 3.04. The molecular formula is C20H22N2O7. The number of hydrogen-bond acceptors (Lipinski definition) is 7. The van der Waals surface area contributed by atoms with Gasteiger partial charge in [0.1, 0.15) is 0 Å². The van der Waals surface area contributed by atoms with E-state index in [1.165, 1.54) is 38.5 Å². The van der Waals surface area contributed by atoms with E-state index in [0.717, 1.165) is 0 Å². The third-order valence-electron chi connectivity index (χ3n) is 4.11. The molecule has 0 aliphatic carbocycles. The summed E-state index contributed by atoms with van der Waals surface area (Å²) in [6.07, 6.45) is -0.121. The van der Waals surface area contributed by atoms with Crippen molar-refractivity contribution in [1.82, 2.24) is 5.32 Å². The van der Waals surface area contributed by atoms with Crippen LogP contribution in [-0.2, 0) is 9.53 Å². The van der Waals surface area contributed by atoms with Gasteiger partial charge in [0, 0.05) is 17.7 Å². The number of non-ortho nitro benzene ring substituents is 1. The second-order valence-electron chi connectivity index (χ2n) is 5.96. The summed E-state index contributed by atoms with van der Waals surface area (Å²) in [5.41, 5.74) is 0.494. The maximum absolute atomic E-state index is 12.7. The molecule has 0 bridgehead atoms. The highest BCUT2D eigenvalue weighted by Gasteiger charge is 2.22. The van der Waals surface area contributed by atoms with Crippen LogP contribution in [-0.4, -0.2) is 37.6 Å². The lowest BCUT2D eigenvalue weighted by Crippen LogP contribution is -2.30. The maximum atomic E-state index is 12.7. The second-order valence-corrected chi connectivity index (χ2v) is 5.96. The number of amides is 1. The molecule has 2 rings (SSSR count). The van der Waals surface area contributed by atoms with Crippen molar-refractivity contribution in [1.29, 1.82) is 0 Å². The molecule has 0 spiro atoms. The van der Waals surface area contributed by atoms with Crippen LogP contribution in [0.4, 0.5) is 5.69 Å². The minimum atomic E-state index is -0.736. The van der Waals surface area contributed by atoms with Crippen LogP contribution in [0.5, 0.6) is 11.5 Å². The van der Waals surface area contributed by atoms with Crippen molar-refractivity contribution >= 4 is 17.6 Å². The number of nitro benzene ring substituents is 1. The molecule has 0 aliphatic rings. The average molecular weight is 402 g/mol. The van der Waals surface area contributed by atoms with Crippen LogP contribution in [0.2, 0.25) is 0 Å². The quantitative estimate of drug-likeness (QED) is 0.389. The SMILES string of the molecule is CCOC(=O)CC(NC(=O)c1cccc([N+](=O)[O-])c1)c1ccc(OC)c(OC)c1. The van der Waals surface area contributed by atoms with E-state index in [4.69, 9.17) is 14.2 Å². The first kappa shape index (κ1) is 21.7. The van der Waals surface area contributed by atoms with Crippen molar-refractivity contribution in [2.75, 3.05) is 20.8 Å². The second kappa shape index (κ2) is 10.1. The van der Waals surface area contributed by atoms with Crippen LogP contribution >= 0.6 is 0 Å². The molecule has 2 aromatic carbocycles. The molecular weight excluding hydrogens is 380 g/mol. The summed E-state index contributed by atoms with van der Waals surface area (Å²) in [4.78, 5) is 35.1. The number of carbonyl (C=O) groups excluding carboxylic acids is 2. The molecule has 1 unspecified atom stereocenters. The van der Waals surface area contributed by atoms with Crippen LogP contribution in [0, 0.1) is 10.1 Å². The van der Waals surface area contributed by atoms with E-state index in [0.29, 0.717) is 17.1 Å². The molecule has 29 heavy (non-hydrogen) atoms. The third kappa shape index (κ3) is 5.68. The zero-order chi connectivity index (χ0) is 21.4. The Balaban J connectivity index is 2.33. The van der Waals surface area contributed by atoms with E-state index in [-0.39, 0.29) is 24.3 Å². The normalized spacial score (nSPS) is 11.3. The van der Waals surface area contributed by atoms with Gasteiger partial charge in [0.15, 0.2) is 11.5 Å². The van der Waals surface area contributed by atoms with Crippen LogP contribution in [0.3, 0.4) is 0 Å². The van der Waals surface area contributed by atoms with Gasteiger partial charge in [-0.05, 0) is 30.7 Å². The zero-order valence-electron chi connectivity index (χ0n) is 16.3. The van der Waals surface area contributed by atoms with Gasteiger partial charge in [-0.2, -0.15) is 0 Å². The number of rotatable bonds is 9. The van der Waals surface area contributed by atoms with Gasteiger partial charge in [0.25, 0.3) is 11.6 Å². The van der Waals surface area contributed by atoms with E-state index in [9.17, 15) is 19.7 Å². The molecule has 2 aromatic rings. The third-order valence-corrected chi connectivity index (χ3v) is 4.11. The molecule has 0 saturated heterocycles. The first-order valence-corrected chi connectivity index (χ1v) is 8.82. The minimum Gasteiger partial charge on any atom is -0.493 e. The smallest absolute Gasteiger partial charge is 0.308 e. The Hall–Kier alpha value is -3.62. The molecule has 0 aliphatic heterocycles. The number of nitrogens with zero attached hydrogens (tertiary/aromatic N) is 1. The molecule has 9 nitrogen and oxygen atoms in total. The lowest BCUT2D eigenvalue weighted by Gasteiger charge is -2.20. The topological polar surface area (TPSA) is 117 Å². The fraction of sp³-hybridized carbons (Fsp3) is 0.300. The van der Waals surface area contributed by atoms with E-state index in [2.05, 4.69) is 5.32 Å². The molecule has 1 amide bonds. The van der Waals surface area contributed by atoms with Crippen molar-refractivity contribution in [3.63, 3.8) is 0 Å². The Bertz CT molecular complexity index is 898.